The molecule has 2 aromatic heterocycles. The van der Waals surface area contributed by atoms with Gasteiger partial charge in [0.1, 0.15) is 5.69 Å². The van der Waals surface area contributed by atoms with Gasteiger partial charge in [-0.2, -0.15) is 0 Å². The van der Waals surface area contributed by atoms with Crippen molar-refractivity contribution < 1.29 is 4.79 Å². The zero-order chi connectivity index (χ0) is 17.8. The quantitative estimate of drug-likeness (QED) is 0.686. The summed E-state index contributed by atoms with van der Waals surface area (Å²) in [6.45, 7) is 0.782. The molecule has 1 aliphatic heterocycles. The summed E-state index contributed by atoms with van der Waals surface area (Å²) < 4.78 is 0. The molecule has 4 nitrogen and oxygen atoms in total. The van der Waals surface area contributed by atoms with E-state index in [1.165, 1.54) is 5.56 Å². The van der Waals surface area contributed by atoms with E-state index in [1.807, 2.05) is 40.7 Å². The van der Waals surface area contributed by atoms with E-state index in [2.05, 4.69) is 28.2 Å². The van der Waals surface area contributed by atoms with E-state index in [0.717, 1.165) is 42.8 Å². The molecule has 1 amide bonds. The van der Waals surface area contributed by atoms with Gasteiger partial charge >= 0.3 is 0 Å². The van der Waals surface area contributed by atoms with Crippen molar-refractivity contribution in [2.45, 2.75) is 31.7 Å². The van der Waals surface area contributed by atoms with Crippen LogP contribution in [0.25, 0.3) is 0 Å². The van der Waals surface area contributed by atoms with Crippen LogP contribution in [0.4, 0.5) is 0 Å². The Morgan fingerprint density at radius 3 is 2.85 bits per heavy atom. The minimum absolute atomic E-state index is 0.0362. The molecule has 0 aliphatic carbocycles. The third-order valence-corrected chi connectivity index (χ3v) is 5.65. The molecule has 0 radical (unpaired) electrons. The lowest BCUT2D eigenvalue weighted by atomic mass is 9.96. The first-order chi connectivity index (χ1) is 12.8. The molecule has 1 atom stereocenters. The zero-order valence-corrected chi connectivity index (χ0v) is 15.4. The number of hydrogen-bond donors (Lipinski definition) is 0. The molecule has 0 saturated carbocycles. The second kappa shape index (κ2) is 7.79. The highest BCUT2D eigenvalue weighted by atomic mass is 32.1. The van der Waals surface area contributed by atoms with Crippen LogP contribution >= 0.6 is 11.3 Å². The van der Waals surface area contributed by atoms with Crippen LogP contribution in [0.3, 0.4) is 0 Å². The summed E-state index contributed by atoms with van der Waals surface area (Å²) in [5.41, 5.74) is 2.89. The number of aromatic nitrogens is 2. The van der Waals surface area contributed by atoms with Gasteiger partial charge in [0.05, 0.1) is 11.0 Å². The number of likely N-dealkylation sites (tertiary alicyclic amines) is 1. The fourth-order valence-corrected chi connectivity index (χ4v) is 4.30. The number of piperidine rings is 1. The van der Waals surface area contributed by atoms with Gasteiger partial charge in [-0.1, -0.05) is 36.4 Å². The van der Waals surface area contributed by atoms with Crippen LogP contribution in [0, 0.1) is 0 Å². The van der Waals surface area contributed by atoms with Crippen molar-refractivity contribution in [1.82, 2.24) is 14.9 Å². The molecule has 1 aliphatic rings. The third kappa shape index (κ3) is 3.68. The van der Waals surface area contributed by atoms with Crippen LogP contribution in [0.5, 0.6) is 0 Å². The number of amides is 1. The largest absolute Gasteiger partial charge is 0.330 e. The summed E-state index contributed by atoms with van der Waals surface area (Å²) in [7, 11) is 0. The van der Waals surface area contributed by atoms with E-state index < -0.39 is 0 Å². The number of carbonyl (C=O) groups is 1. The van der Waals surface area contributed by atoms with Crippen LogP contribution in [0.1, 0.15) is 51.9 Å². The minimum atomic E-state index is 0.0362. The molecule has 0 spiro atoms. The van der Waals surface area contributed by atoms with Gasteiger partial charge in [0.2, 0.25) is 0 Å². The lowest BCUT2D eigenvalue weighted by molar-refractivity contribution is 0.0605. The van der Waals surface area contributed by atoms with E-state index >= 15 is 0 Å². The number of rotatable bonds is 4. The molecular weight excluding hydrogens is 342 g/mol. The first-order valence-corrected chi connectivity index (χ1v) is 9.88. The van der Waals surface area contributed by atoms with Gasteiger partial charge < -0.3 is 4.90 Å². The molecule has 0 bridgehead atoms. The molecule has 3 heterocycles. The normalized spacial score (nSPS) is 17.2. The fraction of sp³-hybridized carbons (Fsp3) is 0.286. The highest BCUT2D eigenvalue weighted by molar-refractivity contribution is 7.09. The van der Waals surface area contributed by atoms with Crippen molar-refractivity contribution in [3.8, 4) is 0 Å². The molecule has 26 heavy (non-hydrogen) atoms. The maximum Gasteiger partial charge on any atom is 0.273 e. The fourth-order valence-electron chi connectivity index (χ4n) is 3.50. The number of hydrogen-bond acceptors (Lipinski definition) is 4. The van der Waals surface area contributed by atoms with Crippen molar-refractivity contribution in [1.29, 1.82) is 0 Å². The second-order valence-corrected chi connectivity index (χ2v) is 7.53. The molecule has 0 N–H and O–H groups in total. The second-order valence-electron chi connectivity index (χ2n) is 6.59. The van der Waals surface area contributed by atoms with Crippen LogP contribution in [-0.4, -0.2) is 27.3 Å². The Kier molecular flexibility index (Phi) is 5.07. The maximum atomic E-state index is 13.1. The number of carbonyl (C=O) groups excluding carboxylic acids is 1. The van der Waals surface area contributed by atoms with Crippen molar-refractivity contribution in [2.75, 3.05) is 6.54 Å². The summed E-state index contributed by atoms with van der Waals surface area (Å²) in [6, 6.07) is 14.3. The molecule has 5 heteroatoms. The van der Waals surface area contributed by atoms with Crippen molar-refractivity contribution in [2.24, 2.45) is 0 Å². The number of benzene rings is 1. The Hall–Kier alpha value is -2.53. The summed E-state index contributed by atoms with van der Waals surface area (Å²) in [6.07, 6.45) is 7.58. The standard InChI is InChI=1S/C21H21N3OS/c25-21(18-15-26-20(23-18)13-16-7-2-1-3-8-16)24-12-5-4-10-19(24)17-9-6-11-22-14-17/h1-3,6-9,11,14-15,19H,4-5,10,12-13H2/t19-/m0/s1. The minimum Gasteiger partial charge on any atom is -0.330 e. The molecule has 1 saturated heterocycles. The Morgan fingerprint density at radius 2 is 2.04 bits per heavy atom. The molecule has 4 rings (SSSR count). The SMILES string of the molecule is O=C(c1csc(Cc2ccccc2)n1)N1CCCC[C@H]1c1cccnc1. The Bertz CT molecular complexity index is 863. The molecule has 1 fully saturated rings. The summed E-state index contributed by atoms with van der Waals surface area (Å²) in [4.78, 5) is 23.9. The van der Waals surface area contributed by atoms with Crippen molar-refractivity contribution >= 4 is 17.2 Å². The van der Waals surface area contributed by atoms with Gasteiger partial charge in [-0.3, -0.25) is 9.78 Å². The van der Waals surface area contributed by atoms with Gasteiger partial charge in [0.25, 0.3) is 5.91 Å². The van der Waals surface area contributed by atoms with Crippen molar-refractivity contribution in [3.63, 3.8) is 0 Å². The number of thiazole rings is 1. The van der Waals surface area contributed by atoms with Gasteiger partial charge in [0.15, 0.2) is 0 Å². The van der Waals surface area contributed by atoms with E-state index in [0.29, 0.717) is 5.69 Å². The van der Waals surface area contributed by atoms with E-state index in [4.69, 9.17) is 0 Å². The molecule has 132 valence electrons. The molecular formula is C21H21N3OS. The van der Waals surface area contributed by atoms with E-state index in [1.54, 1.807) is 17.5 Å². The van der Waals surface area contributed by atoms with Gasteiger partial charge in [-0.25, -0.2) is 4.98 Å². The predicted octanol–water partition coefficient (Wildman–Crippen LogP) is 4.50. The summed E-state index contributed by atoms with van der Waals surface area (Å²) in [5.74, 6) is 0.0362. The topological polar surface area (TPSA) is 46.1 Å². The lowest BCUT2D eigenvalue weighted by Gasteiger charge is -2.35. The molecule has 3 aromatic rings. The van der Waals surface area contributed by atoms with E-state index in [-0.39, 0.29) is 11.9 Å². The average molecular weight is 363 g/mol. The van der Waals surface area contributed by atoms with E-state index in [9.17, 15) is 4.79 Å². The number of nitrogens with zero attached hydrogens (tertiary/aromatic N) is 3. The van der Waals surface area contributed by atoms with Gasteiger partial charge in [0, 0.05) is 30.7 Å². The van der Waals surface area contributed by atoms with Gasteiger partial charge in [-0.15, -0.1) is 11.3 Å². The lowest BCUT2D eigenvalue weighted by Crippen LogP contribution is -2.38. The molecule has 0 unspecified atom stereocenters. The number of pyridine rings is 1. The van der Waals surface area contributed by atoms with Crippen LogP contribution in [0.2, 0.25) is 0 Å². The van der Waals surface area contributed by atoms with Crippen LogP contribution < -0.4 is 0 Å². The highest BCUT2D eigenvalue weighted by Gasteiger charge is 2.30. The monoisotopic (exact) mass is 363 g/mol. The summed E-state index contributed by atoms with van der Waals surface area (Å²) in [5, 5.41) is 2.88. The first kappa shape index (κ1) is 16.9. The third-order valence-electron chi connectivity index (χ3n) is 4.80. The Balaban J connectivity index is 1.53. The average Bonchev–Trinajstić information content (AvgIpc) is 3.17. The first-order valence-electron chi connectivity index (χ1n) is 9.00. The predicted molar refractivity (Wildman–Crippen MR) is 103 cm³/mol. The highest BCUT2D eigenvalue weighted by Crippen LogP contribution is 2.32. The summed E-state index contributed by atoms with van der Waals surface area (Å²) >= 11 is 1.56. The molecule has 1 aromatic carbocycles. The van der Waals surface area contributed by atoms with Crippen LogP contribution in [-0.2, 0) is 6.42 Å². The van der Waals surface area contributed by atoms with Gasteiger partial charge in [-0.05, 0) is 36.5 Å². The smallest absolute Gasteiger partial charge is 0.273 e. The Labute approximate surface area is 157 Å². The Morgan fingerprint density at radius 1 is 1.15 bits per heavy atom. The zero-order valence-electron chi connectivity index (χ0n) is 14.5. The maximum absolute atomic E-state index is 13.1. The van der Waals surface area contributed by atoms with Crippen molar-refractivity contribution in [3.05, 3.63) is 82.1 Å². The van der Waals surface area contributed by atoms with Crippen LogP contribution in [0.15, 0.2) is 60.2 Å².